The lowest BCUT2D eigenvalue weighted by Crippen LogP contribution is -2.13. The average Bonchev–Trinajstić information content (AvgIpc) is 2.86. The van der Waals surface area contributed by atoms with Gasteiger partial charge in [0.25, 0.3) is 11.6 Å². The Balaban J connectivity index is 2.35. The molecule has 98 valence electrons. The van der Waals surface area contributed by atoms with Gasteiger partial charge in [0.1, 0.15) is 5.69 Å². The molecule has 0 fully saturated rings. The van der Waals surface area contributed by atoms with Gasteiger partial charge in [-0.25, -0.2) is 4.98 Å². The molecule has 2 rings (SSSR count). The van der Waals surface area contributed by atoms with Crippen molar-refractivity contribution in [3.05, 3.63) is 48.9 Å². The Kier molecular flexibility index (Phi) is 3.91. The molecular weight excluding hydrogens is 334 g/mol. The Bertz CT molecular complexity index is 643. The Labute approximate surface area is 120 Å². The van der Waals surface area contributed by atoms with E-state index in [1.807, 2.05) is 0 Å². The highest BCUT2D eigenvalue weighted by Gasteiger charge is 2.18. The third-order valence-corrected chi connectivity index (χ3v) is 3.50. The zero-order valence-electron chi connectivity index (χ0n) is 9.71. The second-order valence-corrected chi connectivity index (χ2v) is 5.32. The zero-order chi connectivity index (χ0) is 14.0. The largest absolute Gasteiger partial charge is 0.320 e. The van der Waals surface area contributed by atoms with Crippen LogP contribution in [0.4, 0.5) is 11.4 Å². The van der Waals surface area contributed by atoms with Crippen LogP contribution in [-0.4, -0.2) is 15.8 Å². The summed E-state index contributed by atoms with van der Waals surface area (Å²) in [6.45, 7) is 1.58. The molecule has 0 aliphatic carbocycles. The summed E-state index contributed by atoms with van der Waals surface area (Å²) in [5, 5.41) is 15.1. The number of carbonyl (C=O) groups excluding carboxylic acids is 1. The van der Waals surface area contributed by atoms with Gasteiger partial charge in [-0.2, -0.15) is 0 Å². The van der Waals surface area contributed by atoms with Crippen LogP contribution in [0.25, 0.3) is 0 Å². The predicted molar refractivity (Wildman–Crippen MR) is 75.6 cm³/mol. The maximum absolute atomic E-state index is 11.9. The number of nitro groups is 1. The summed E-state index contributed by atoms with van der Waals surface area (Å²) >= 11 is 4.49. The highest BCUT2D eigenvalue weighted by atomic mass is 79.9. The number of anilines is 1. The first kappa shape index (κ1) is 13.6. The molecule has 0 saturated carbocycles. The van der Waals surface area contributed by atoms with Crippen molar-refractivity contribution in [1.29, 1.82) is 0 Å². The summed E-state index contributed by atoms with van der Waals surface area (Å²) in [5.74, 6) is -0.392. The fraction of sp³-hybridized carbons (Fsp3) is 0.0909. The van der Waals surface area contributed by atoms with E-state index in [0.29, 0.717) is 15.7 Å². The molecular formula is C11H8BrN3O3S. The van der Waals surface area contributed by atoms with E-state index < -0.39 is 10.8 Å². The molecule has 1 amide bonds. The topological polar surface area (TPSA) is 85.1 Å². The number of aromatic nitrogens is 1. The zero-order valence-corrected chi connectivity index (χ0v) is 12.1. The minimum Gasteiger partial charge on any atom is -0.320 e. The van der Waals surface area contributed by atoms with Crippen LogP contribution >= 0.6 is 27.3 Å². The van der Waals surface area contributed by atoms with Crippen LogP contribution in [-0.2, 0) is 0 Å². The Morgan fingerprint density at radius 3 is 2.84 bits per heavy atom. The first-order valence-electron chi connectivity index (χ1n) is 5.13. The van der Waals surface area contributed by atoms with E-state index in [-0.39, 0.29) is 11.4 Å². The van der Waals surface area contributed by atoms with Crippen molar-refractivity contribution in [2.75, 3.05) is 5.32 Å². The molecule has 6 nitrogen and oxygen atoms in total. The highest BCUT2D eigenvalue weighted by molar-refractivity contribution is 9.10. The molecule has 0 aliphatic heterocycles. The van der Waals surface area contributed by atoms with Gasteiger partial charge < -0.3 is 5.32 Å². The van der Waals surface area contributed by atoms with E-state index in [1.54, 1.807) is 23.9 Å². The summed E-state index contributed by atoms with van der Waals surface area (Å²) in [6, 6.07) is 3.01. The van der Waals surface area contributed by atoms with Crippen molar-refractivity contribution in [2.24, 2.45) is 0 Å². The molecule has 1 N–H and O–H groups in total. The maximum atomic E-state index is 11.9. The van der Waals surface area contributed by atoms with E-state index in [2.05, 4.69) is 26.2 Å². The van der Waals surface area contributed by atoms with E-state index in [0.717, 1.165) is 0 Å². The van der Waals surface area contributed by atoms with E-state index in [9.17, 15) is 14.9 Å². The van der Waals surface area contributed by atoms with E-state index >= 15 is 0 Å². The molecule has 0 saturated heterocycles. The molecule has 2 aromatic rings. The van der Waals surface area contributed by atoms with Crippen molar-refractivity contribution in [3.63, 3.8) is 0 Å². The van der Waals surface area contributed by atoms with Gasteiger partial charge in [-0.15, -0.1) is 11.3 Å². The second kappa shape index (κ2) is 5.45. The Morgan fingerprint density at radius 1 is 1.53 bits per heavy atom. The van der Waals surface area contributed by atoms with Crippen LogP contribution in [0.1, 0.15) is 16.1 Å². The average molecular weight is 342 g/mol. The lowest BCUT2D eigenvalue weighted by Gasteiger charge is -2.08. The van der Waals surface area contributed by atoms with Gasteiger partial charge in [-0.05, 0) is 13.0 Å². The minimum absolute atomic E-state index is 0.0528. The lowest BCUT2D eigenvalue weighted by molar-refractivity contribution is -0.385. The Hall–Kier alpha value is -1.80. The van der Waals surface area contributed by atoms with E-state index in [1.165, 1.54) is 17.4 Å². The van der Waals surface area contributed by atoms with Gasteiger partial charge in [0.2, 0.25) is 0 Å². The number of hydrogen-bond donors (Lipinski definition) is 1. The second-order valence-electron chi connectivity index (χ2n) is 3.68. The number of nitrogens with one attached hydrogen (secondary N) is 1. The maximum Gasteiger partial charge on any atom is 0.275 e. The van der Waals surface area contributed by atoms with Crippen molar-refractivity contribution < 1.29 is 9.72 Å². The number of carbonyl (C=O) groups is 1. The third-order valence-electron chi connectivity index (χ3n) is 2.45. The molecule has 0 spiro atoms. The summed E-state index contributed by atoms with van der Waals surface area (Å²) in [4.78, 5) is 26.2. The van der Waals surface area contributed by atoms with Gasteiger partial charge in [0.05, 0.1) is 21.7 Å². The third kappa shape index (κ3) is 2.96. The van der Waals surface area contributed by atoms with Gasteiger partial charge in [0.15, 0.2) is 0 Å². The molecule has 0 radical (unpaired) electrons. The number of benzene rings is 1. The molecule has 0 aliphatic rings. The lowest BCUT2D eigenvalue weighted by atomic mass is 10.1. The Morgan fingerprint density at radius 2 is 2.26 bits per heavy atom. The number of amides is 1. The van der Waals surface area contributed by atoms with Crippen molar-refractivity contribution in [3.8, 4) is 0 Å². The first-order valence-corrected chi connectivity index (χ1v) is 6.86. The fourth-order valence-corrected chi connectivity index (χ4v) is 2.47. The van der Waals surface area contributed by atoms with Crippen LogP contribution in [0.3, 0.4) is 0 Å². The quantitative estimate of drug-likeness (QED) is 0.684. The molecule has 1 aromatic carbocycles. The van der Waals surface area contributed by atoms with Crippen LogP contribution in [0.15, 0.2) is 27.5 Å². The minimum atomic E-state index is -0.488. The van der Waals surface area contributed by atoms with Crippen LogP contribution in [0, 0.1) is 17.0 Å². The van der Waals surface area contributed by atoms with Crippen LogP contribution in [0.5, 0.6) is 0 Å². The molecule has 0 atom stereocenters. The van der Waals surface area contributed by atoms with Crippen LogP contribution < -0.4 is 5.32 Å². The van der Waals surface area contributed by atoms with Crippen molar-refractivity contribution in [2.45, 2.75) is 6.92 Å². The molecule has 8 heteroatoms. The number of hydrogen-bond acceptors (Lipinski definition) is 5. The first-order chi connectivity index (χ1) is 8.99. The van der Waals surface area contributed by atoms with Crippen molar-refractivity contribution in [1.82, 2.24) is 4.98 Å². The summed E-state index contributed by atoms with van der Waals surface area (Å²) in [6.07, 6.45) is 0. The SMILES string of the molecule is Cc1c(NC(=O)c2cscn2)cc(Br)cc1[N+](=O)[O-]. The van der Waals surface area contributed by atoms with Crippen molar-refractivity contribution >= 4 is 44.5 Å². The summed E-state index contributed by atoms with van der Waals surface area (Å²) in [7, 11) is 0. The van der Waals surface area contributed by atoms with Gasteiger partial charge in [-0.1, -0.05) is 15.9 Å². The summed E-state index contributed by atoms with van der Waals surface area (Å²) < 4.78 is 0.526. The summed E-state index contributed by atoms with van der Waals surface area (Å²) in [5.41, 5.74) is 2.57. The number of thiazole rings is 1. The van der Waals surface area contributed by atoms with Gasteiger partial charge >= 0.3 is 0 Å². The monoisotopic (exact) mass is 341 g/mol. The molecule has 0 unspecified atom stereocenters. The van der Waals surface area contributed by atoms with Gasteiger partial charge in [0, 0.05) is 15.9 Å². The molecule has 1 aromatic heterocycles. The molecule has 1 heterocycles. The number of nitrogens with zero attached hydrogens (tertiary/aromatic N) is 2. The number of halogens is 1. The molecule has 19 heavy (non-hydrogen) atoms. The highest BCUT2D eigenvalue weighted by Crippen LogP contribution is 2.30. The molecule has 0 bridgehead atoms. The normalized spacial score (nSPS) is 10.2. The predicted octanol–water partition coefficient (Wildman–Crippen LogP) is 3.37. The van der Waals surface area contributed by atoms with E-state index in [4.69, 9.17) is 0 Å². The number of nitro benzene ring substituents is 1. The van der Waals surface area contributed by atoms with Crippen LogP contribution in [0.2, 0.25) is 0 Å². The standard InChI is InChI=1S/C11H8BrN3O3S/c1-6-8(2-7(12)3-10(6)15(17)18)14-11(16)9-4-19-5-13-9/h2-5H,1H3,(H,14,16). The smallest absolute Gasteiger partial charge is 0.275 e. The number of rotatable bonds is 3. The van der Waals surface area contributed by atoms with Gasteiger partial charge in [-0.3, -0.25) is 14.9 Å². The fourth-order valence-electron chi connectivity index (χ4n) is 1.50.